The normalized spacial score (nSPS) is 16.3. The minimum atomic E-state index is -0.141. The first-order valence-corrected chi connectivity index (χ1v) is 12.1. The maximum absolute atomic E-state index is 12.7. The van der Waals surface area contributed by atoms with Gasteiger partial charge in [-0.25, -0.2) is 14.8 Å². The number of urea groups is 1. The van der Waals surface area contributed by atoms with E-state index in [-0.39, 0.29) is 6.03 Å². The lowest BCUT2D eigenvalue weighted by atomic mass is 10.2. The summed E-state index contributed by atoms with van der Waals surface area (Å²) in [6.07, 6.45) is 4.16. The molecule has 3 heterocycles. The number of likely N-dealkylation sites (tertiary alicyclic amines) is 1. The topological polar surface area (TPSA) is 97.6 Å². The number of amides is 2. The van der Waals surface area contributed by atoms with E-state index >= 15 is 0 Å². The van der Waals surface area contributed by atoms with Gasteiger partial charge in [0.15, 0.2) is 0 Å². The number of hydrogen-bond donors (Lipinski definition) is 1. The molecule has 1 aromatic heterocycles. The second-order valence-electron chi connectivity index (χ2n) is 8.87. The predicted molar refractivity (Wildman–Crippen MR) is 135 cm³/mol. The average Bonchev–Trinajstić information content (AvgIpc) is 3.42. The van der Waals surface area contributed by atoms with Gasteiger partial charge >= 0.3 is 6.03 Å². The van der Waals surface area contributed by atoms with E-state index in [1.807, 2.05) is 18.2 Å². The number of hydrogen-bond acceptors (Lipinski definition) is 7. The standard InChI is InChI=1S/C26H29N7O2/c27-18-20-3-5-21(6-4-20)30-26(34)33-13-11-32(12-14-33)25-23-8-7-22(17-24(23)28-19-29-25)35-16-15-31-9-1-2-10-31/h3-8,17,19H,1-2,9-16H2,(H,30,34). The molecule has 35 heavy (non-hydrogen) atoms. The Bertz CT molecular complexity index is 1210. The Morgan fingerprint density at radius 3 is 2.51 bits per heavy atom. The molecular weight excluding hydrogens is 442 g/mol. The number of fused-ring (bicyclic) bond motifs is 1. The van der Waals surface area contributed by atoms with Crippen molar-refractivity contribution < 1.29 is 9.53 Å². The second-order valence-corrected chi connectivity index (χ2v) is 8.87. The van der Waals surface area contributed by atoms with Gasteiger partial charge in [0.25, 0.3) is 0 Å². The van der Waals surface area contributed by atoms with Gasteiger partial charge in [-0.2, -0.15) is 5.26 Å². The van der Waals surface area contributed by atoms with Crippen molar-refractivity contribution in [3.63, 3.8) is 0 Å². The molecule has 0 saturated carbocycles. The van der Waals surface area contributed by atoms with Crippen LogP contribution in [-0.4, -0.2) is 78.2 Å². The van der Waals surface area contributed by atoms with Crippen molar-refractivity contribution >= 4 is 28.4 Å². The van der Waals surface area contributed by atoms with Gasteiger partial charge < -0.3 is 19.9 Å². The molecule has 0 radical (unpaired) electrons. The largest absolute Gasteiger partial charge is 0.492 e. The van der Waals surface area contributed by atoms with Crippen LogP contribution in [0.25, 0.3) is 10.9 Å². The SMILES string of the molecule is N#Cc1ccc(NC(=O)N2CCN(c3ncnc4cc(OCCN5CCCC5)ccc34)CC2)cc1. The summed E-state index contributed by atoms with van der Waals surface area (Å²) in [5.74, 6) is 1.71. The Labute approximate surface area is 204 Å². The van der Waals surface area contributed by atoms with Crippen LogP contribution in [0.4, 0.5) is 16.3 Å². The third-order valence-electron chi connectivity index (χ3n) is 6.59. The van der Waals surface area contributed by atoms with Crippen LogP contribution in [0.1, 0.15) is 18.4 Å². The van der Waals surface area contributed by atoms with Gasteiger partial charge in [-0.1, -0.05) is 0 Å². The third kappa shape index (κ3) is 5.44. The molecule has 3 aromatic rings. The summed E-state index contributed by atoms with van der Waals surface area (Å²) in [7, 11) is 0. The zero-order valence-electron chi connectivity index (χ0n) is 19.7. The van der Waals surface area contributed by atoms with Gasteiger partial charge in [0.2, 0.25) is 0 Å². The number of nitrogens with one attached hydrogen (secondary N) is 1. The molecule has 0 aliphatic carbocycles. The van der Waals surface area contributed by atoms with E-state index < -0.39 is 0 Å². The van der Waals surface area contributed by atoms with Crippen LogP contribution in [0, 0.1) is 11.3 Å². The predicted octanol–water partition coefficient (Wildman–Crippen LogP) is 3.33. The highest BCUT2D eigenvalue weighted by Gasteiger charge is 2.23. The van der Waals surface area contributed by atoms with Crippen molar-refractivity contribution in [2.75, 3.05) is 62.6 Å². The van der Waals surface area contributed by atoms with Gasteiger partial charge in [0.05, 0.1) is 17.1 Å². The monoisotopic (exact) mass is 471 g/mol. The van der Waals surface area contributed by atoms with Crippen molar-refractivity contribution in [1.29, 1.82) is 5.26 Å². The van der Waals surface area contributed by atoms with E-state index in [0.717, 1.165) is 29.0 Å². The van der Waals surface area contributed by atoms with Crippen LogP contribution in [0.5, 0.6) is 5.75 Å². The van der Waals surface area contributed by atoms with Crippen molar-refractivity contribution in [1.82, 2.24) is 19.8 Å². The van der Waals surface area contributed by atoms with Crippen LogP contribution < -0.4 is 15.0 Å². The van der Waals surface area contributed by atoms with Crippen molar-refractivity contribution in [2.45, 2.75) is 12.8 Å². The molecule has 0 atom stereocenters. The van der Waals surface area contributed by atoms with E-state index in [4.69, 9.17) is 10.00 Å². The van der Waals surface area contributed by atoms with Crippen LogP contribution in [-0.2, 0) is 0 Å². The molecule has 0 spiro atoms. The van der Waals surface area contributed by atoms with Gasteiger partial charge in [0.1, 0.15) is 24.5 Å². The van der Waals surface area contributed by atoms with Crippen LogP contribution in [0.15, 0.2) is 48.8 Å². The lowest BCUT2D eigenvalue weighted by Gasteiger charge is -2.35. The van der Waals surface area contributed by atoms with Crippen molar-refractivity contribution in [3.8, 4) is 11.8 Å². The number of benzene rings is 2. The van der Waals surface area contributed by atoms with E-state index in [9.17, 15) is 4.79 Å². The molecule has 2 fully saturated rings. The summed E-state index contributed by atoms with van der Waals surface area (Å²) in [5.41, 5.74) is 2.10. The van der Waals surface area contributed by atoms with E-state index in [1.165, 1.54) is 25.9 Å². The van der Waals surface area contributed by atoms with Gasteiger partial charge in [-0.15, -0.1) is 0 Å². The number of anilines is 2. The van der Waals surface area contributed by atoms with Crippen LogP contribution in [0.2, 0.25) is 0 Å². The Morgan fingerprint density at radius 1 is 1.00 bits per heavy atom. The number of carbonyl (C=O) groups excluding carboxylic acids is 1. The molecule has 0 unspecified atom stereocenters. The Hall–Kier alpha value is -3.90. The average molecular weight is 472 g/mol. The number of carbonyl (C=O) groups is 1. The van der Waals surface area contributed by atoms with Crippen LogP contribution >= 0.6 is 0 Å². The minimum absolute atomic E-state index is 0.141. The molecule has 1 N–H and O–H groups in total. The zero-order chi connectivity index (χ0) is 24.0. The summed E-state index contributed by atoms with van der Waals surface area (Å²) in [6.45, 7) is 6.51. The smallest absolute Gasteiger partial charge is 0.321 e. The van der Waals surface area contributed by atoms with Gasteiger partial charge in [0, 0.05) is 49.9 Å². The Kier molecular flexibility index (Phi) is 6.91. The summed E-state index contributed by atoms with van der Waals surface area (Å²) in [4.78, 5) is 28.1. The van der Waals surface area contributed by atoms with Crippen LogP contribution in [0.3, 0.4) is 0 Å². The zero-order valence-corrected chi connectivity index (χ0v) is 19.7. The minimum Gasteiger partial charge on any atom is -0.492 e. The molecule has 180 valence electrons. The Balaban J connectivity index is 1.18. The molecule has 9 nitrogen and oxygen atoms in total. The summed E-state index contributed by atoms with van der Waals surface area (Å²) >= 11 is 0. The Morgan fingerprint density at radius 2 is 1.77 bits per heavy atom. The van der Waals surface area contributed by atoms with Crippen molar-refractivity contribution in [3.05, 3.63) is 54.4 Å². The number of piperazine rings is 1. The highest BCUT2D eigenvalue weighted by molar-refractivity contribution is 5.91. The van der Waals surface area contributed by atoms with Gasteiger partial charge in [-0.3, -0.25) is 4.90 Å². The fraction of sp³-hybridized carbons (Fsp3) is 0.385. The lowest BCUT2D eigenvalue weighted by Crippen LogP contribution is -2.50. The molecule has 9 heteroatoms. The first-order chi connectivity index (χ1) is 17.2. The summed E-state index contributed by atoms with van der Waals surface area (Å²) < 4.78 is 5.98. The summed E-state index contributed by atoms with van der Waals surface area (Å²) in [5, 5.41) is 12.8. The number of aromatic nitrogens is 2. The second kappa shape index (κ2) is 10.6. The van der Waals surface area contributed by atoms with Crippen molar-refractivity contribution in [2.24, 2.45) is 0 Å². The highest BCUT2D eigenvalue weighted by Crippen LogP contribution is 2.27. The first kappa shape index (κ1) is 22.9. The van der Waals surface area contributed by atoms with E-state index in [0.29, 0.717) is 44.0 Å². The fourth-order valence-corrected chi connectivity index (χ4v) is 4.62. The molecule has 2 saturated heterocycles. The quantitative estimate of drug-likeness (QED) is 0.589. The lowest BCUT2D eigenvalue weighted by molar-refractivity contribution is 0.208. The number of rotatable bonds is 6. The number of nitrogens with zero attached hydrogens (tertiary/aromatic N) is 6. The van der Waals surface area contributed by atoms with E-state index in [1.54, 1.807) is 35.5 Å². The fourth-order valence-electron chi connectivity index (χ4n) is 4.62. The highest BCUT2D eigenvalue weighted by atomic mass is 16.5. The third-order valence-corrected chi connectivity index (χ3v) is 6.59. The molecule has 2 aromatic carbocycles. The van der Waals surface area contributed by atoms with Gasteiger partial charge in [-0.05, 0) is 62.3 Å². The summed E-state index contributed by atoms with van der Waals surface area (Å²) in [6, 6.07) is 14.8. The molecular formula is C26H29N7O2. The first-order valence-electron chi connectivity index (χ1n) is 12.1. The molecule has 2 aliphatic rings. The van der Waals surface area contributed by atoms with E-state index in [2.05, 4.69) is 31.2 Å². The maximum atomic E-state index is 12.7. The molecule has 2 amide bonds. The maximum Gasteiger partial charge on any atom is 0.321 e. The molecule has 2 aliphatic heterocycles. The molecule has 5 rings (SSSR count). The number of nitriles is 1. The number of ether oxygens (including phenoxy) is 1. The molecule has 0 bridgehead atoms.